The molecule has 2 N–H and O–H groups in total. The molecule has 1 aliphatic heterocycles. The first-order valence-electron chi connectivity index (χ1n) is 11.6. The molecule has 7 heteroatoms. The molecule has 1 aliphatic carbocycles. The fraction of sp³-hybridized carbons (Fsp3) is 0.346. The first-order chi connectivity index (χ1) is 16.2. The zero-order valence-electron chi connectivity index (χ0n) is 18.8. The van der Waals surface area contributed by atoms with Crippen LogP contribution in [0.1, 0.15) is 65.8 Å². The highest BCUT2D eigenvalue weighted by molar-refractivity contribution is 7.13. The Morgan fingerprint density at radius 3 is 2.91 bits per heavy atom. The van der Waals surface area contributed by atoms with Gasteiger partial charge in [0.2, 0.25) is 0 Å². The van der Waals surface area contributed by atoms with Crippen LogP contribution in [-0.4, -0.2) is 39.0 Å². The molecule has 0 spiro atoms. The van der Waals surface area contributed by atoms with Gasteiger partial charge in [0.05, 0.1) is 5.69 Å². The molecule has 0 bridgehead atoms. The van der Waals surface area contributed by atoms with Gasteiger partial charge >= 0.3 is 0 Å². The average molecular weight is 461 g/mol. The number of allylic oxidation sites excluding steroid dienone is 2. The fourth-order valence-corrected chi connectivity index (χ4v) is 5.51. The molecule has 0 saturated heterocycles. The van der Waals surface area contributed by atoms with Gasteiger partial charge in [0.25, 0.3) is 5.91 Å². The predicted molar refractivity (Wildman–Crippen MR) is 132 cm³/mol. The number of carbonyl (C=O) groups is 1. The maximum absolute atomic E-state index is 13.1. The molecule has 0 saturated carbocycles. The molecule has 0 fully saturated rings. The van der Waals surface area contributed by atoms with Gasteiger partial charge in [-0.15, -0.1) is 11.3 Å². The maximum atomic E-state index is 13.1. The van der Waals surface area contributed by atoms with Crippen LogP contribution in [0.3, 0.4) is 0 Å². The summed E-state index contributed by atoms with van der Waals surface area (Å²) in [6.45, 7) is 3.85. The highest BCUT2D eigenvalue weighted by Gasteiger charge is 2.33. The number of rotatable bonds is 7. The molecule has 1 amide bonds. The highest BCUT2D eigenvalue weighted by atomic mass is 32.1. The minimum absolute atomic E-state index is 0.0860. The molecule has 170 valence electrons. The van der Waals surface area contributed by atoms with Gasteiger partial charge in [-0.1, -0.05) is 31.2 Å². The average Bonchev–Trinajstić information content (AvgIpc) is 3.60. The lowest BCUT2D eigenvalue weighted by molar-refractivity contribution is 0.102. The van der Waals surface area contributed by atoms with Crippen molar-refractivity contribution < 1.29 is 9.90 Å². The summed E-state index contributed by atoms with van der Waals surface area (Å²) in [5.41, 5.74) is 7.10. The van der Waals surface area contributed by atoms with E-state index in [0.717, 1.165) is 48.3 Å². The van der Waals surface area contributed by atoms with Crippen LogP contribution >= 0.6 is 11.3 Å². The molecule has 3 heterocycles. The van der Waals surface area contributed by atoms with Crippen molar-refractivity contribution in [1.29, 1.82) is 0 Å². The summed E-state index contributed by atoms with van der Waals surface area (Å²) in [6.07, 6.45) is 8.06. The quantitative estimate of drug-likeness (QED) is 0.501. The number of fused-ring (bicyclic) bond motifs is 1. The number of aromatic nitrogens is 2. The summed E-state index contributed by atoms with van der Waals surface area (Å²) >= 11 is 1.39. The summed E-state index contributed by atoms with van der Waals surface area (Å²) < 4.78 is 0. The number of anilines is 1. The van der Waals surface area contributed by atoms with Crippen molar-refractivity contribution in [2.75, 3.05) is 18.5 Å². The third kappa shape index (κ3) is 4.36. The van der Waals surface area contributed by atoms with Crippen LogP contribution in [-0.2, 0) is 6.54 Å². The minimum Gasteiger partial charge on any atom is -0.396 e. The summed E-state index contributed by atoms with van der Waals surface area (Å²) in [5.74, 6) is -0.252. The number of benzene rings is 1. The summed E-state index contributed by atoms with van der Waals surface area (Å²) in [6, 6.07) is 10.5. The van der Waals surface area contributed by atoms with Crippen molar-refractivity contribution in [2.45, 2.75) is 45.2 Å². The van der Waals surface area contributed by atoms with Gasteiger partial charge < -0.3 is 5.11 Å². The van der Waals surface area contributed by atoms with E-state index in [2.05, 4.69) is 52.5 Å². The van der Waals surface area contributed by atoms with Crippen LogP contribution in [0.25, 0.3) is 16.8 Å². The van der Waals surface area contributed by atoms with Gasteiger partial charge in [-0.3, -0.25) is 15.0 Å². The van der Waals surface area contributed by atoms with E-state index in [0.29, 0.717) is 17.2 Å². The molecule has 6 nitrogen and oxygen atoms in total. The predicted octanol–water partition coefficient (Wildman–Crippen LogP) is 5.28. The van der Waals surface area contributed by atoms with Crippen molar-refractivity contribution >= 4 is 27.9 Å². The Morgan fingerprint density at radius 2 is 2.18 bits per heavy atom. The van der Waals surface area contributed by atoms with Gasteiger partial charge in [-0.05, 0) is 61.1 Å². The Kier molecular flexibility index (Phi) is 6.35. The topological polar surface area (TPSA) is 78.4 Å². The van der Waals surface area contributed by atoms with Crippen LogP contribution in [0, 0.1) is 0 Å². The molecule has 33 heavy (non-hydrogen) atoms. The summed E-state index contributed by atoms with van der Waals surface area (Å²) in [4.78, 5) is 24.5. The molecule has 3 aromatic rings. The number of pyridine rings is 1. The summed E-state index contributed by atoms with van der Waals surface area (Å²) in [7, 11) is 0. The SMILES string of the molecule is CCN1Cc2cc(C(=O)Nc3nccs3)nc(-c3cccc(C4=CCCC4)c3)c2[C@H]1CCO. The zero-order chi connectivity index (χ0) is 22.8. The smallest absolute Gasteiger partial charge is 0.276 e. The third-order valence-corrected chi connectivity index (χ3v) is 7.22. The second-order valence-corrected chi connectivity index (χ2v) is 9.41. The third-order valence-electron chi connectivity index (χ3n) is 6.53. The van der Waals surface area contributed by atoms with E-state index in [1.165, 1.54) is 28.9 Å². The number of thiazole rings is 1. The largest absolute Gasteiger partial charge is 0.396 e. The monoisotopic (exact) mass is 460 g/mol. The molecule has 2 aliphatic rings. The molecule has 5 rings (SSSR count). The van der Waals surface area contributed by atoms with Crippen molar-refractivity contribution in [2.24, 2.45) is 0 Å². The highest BCUT2D eigenvalue weighted by Crippen LogP contribution is 2.42. The lowest BCUT2D eigenvalue weighted by Gasteiger charge is -2.24. The Morgan fingerprint density at radius 1 is 1.30 bits per heavy atom. The standard InChI is InChI=1S/C26H28N4O2S/c1-2-30-16-20-15-21(25(32)29-26-27-11-13-33-26)28-24(23(20)22(30)10-12-31)19-9-5-8-18(14-19)17-6-3-4-7-17/h5-6,8-9,11,13-15,22,31H,2-4,7,10,12,16H2,1H3,(H,27,29,32)/t22-/m1/s1. The van der Waals surface area contributed by atoms with E-state index in [4.69, 9.17) is 4.98 Å². The van der Waals surface area contributed by atoms with E-state index >= 15 is 0 Å². The molecular formula is C26H28N4O2S. The van der Waals surface area contributed by atoms with Crippen molar-refractivity contribution in [3.8, 4) is 11.3 Å². The van der Waals surface area contributed by atoms with Crippen LogP contribution in [0.15, 0.2) is 48.0 Å². The lowest BCUT2D eigenvalue weighted by atomic mass is 9.93. The number of hydrogen-bond acceptors (Lipinski definition) is 6. The maximum Gasteiger partial charge on any atom is 0.276 e. The minimum atomic E-state index is -0.252. The molecule has 1 aromatic carbocycles. The van der Waals surface area contributed by atoms with Gasteiger partial charge in [-0.2, -0.15) is 0 Å². The van der Waals surface area contributed by atoms with Gasteiger partial charge in [0.15, 0.2) is 5.13 Å². The van der Waals surface area contributed by atoms with Crippen LogP contribution < -0.4 is 5.32 Å². The van der Waals surface area contributed by atoms with Crippen molar-refractivity contribution in [3.63, 3.8) is 0 Å². The first kappa shape index (κ1) is 21.9. The van der Waals surface area contributed by atoms with Crippen LogP contribution in [0.5, 0.6) is 0 Å². The Bertz CT molecular complexity index is 1190. The van der Waals surface area contributed by atoms with E-state index in [9.17, 15) is 9.90 Å². The van der Waals surface area contributed by atoms with Crippen LogP contribution in [0.2, 0.25) is 0 Å². The molecule has 0 radical (unpaired) electrons. The Hall–Kier alpha value is -2.87. The van der Waals surface area contributed by atoms with E-state index in [1.807, 2.05) is 11.4 Å². The number of nitrogens with one attached hydrogen (secondary N) is 1. The normalized spacial score (nSPS) is 17.8. The molecular weight excluding hydrogens is 432 g/mol. The zero-order valence-corrected chi connectivity index (χ0v) is 19.6. The van der Waals surface area contributed by atoms with Gasteiger partial charge in [-0.25, -0.2) is 9.97 Å². The van der Waals surface area contributed by atoms with E-state index in [-0.39, 0.29) is 18.6 Å². The van der Waals surface area contributed by atoms with Crippen LogP contribution in [0.4, 0.5) is 5.13 Å². The number of hydrogen-bond donors (Lipinski definition) is 2. The van der Waals surface area contributed by atoms with E-state index < -0.39 is 0 Å². The van der Waals surface area contributed by atoms with E-state index in [1.54, 1.807) is 6.20 Å². The number of carbonyl (C=O) groups excluding carboxylic acids is 1. The van der Waals surface area contributed by atoms with Crippen molar-refractivity contribution in [3.05, 3.63) is 70.4 Å². The number of aliphatic hydroxyl groups excluding tert-OH is 1. The van der Waals surface area contributed by atoms with Gasteiger partial charge in [0.1, 0.15) is 5.69 Å². The molecule has 0 unspecified atom stereocenters. The fourth-order valence-electron chi connectivity index (χ4n) is 4.99. The summed E-state index contributed by atoms with van der Waals surface area (Å²) in [5, 5.41) is 15.0. The second-order valence-electron chi connectivity index (χ2n) is 8.51. The Balaban J connectivity index is 1.61. The first-order valence-corrected chi connectivity index (χ1v) is 12.4. The molecule has 1 atom stereocenters. The number of amides is 1. The number of nitrogens with zero attached hydrogens (tertiary/aromatic N) is 3. The Labute approximate surface area is 198 Å². The lowest BCUT2D eigenvalue weighted by Crippen LogP contribution is -2.22. The number of aliphatic hydroxyl groups is 1. The van der Waals surface area contributed by atoms with Crippen molar-refractivity contribution in [1.82, 2.24) is 14.9 Å². The molecule has 2 aromatic heterocycles. The second kappa shape index (κ2) is 9.55. The van der Waals surface area contributed by atoms with Gasteiger partial charge in [0, 0.05) is 41.9 Å².